The van der Waals surface area contributed by atoms with Gasteiger partial charge in [0, 0.05) is 19.6 Å². The lowest BCUT2D eigenvalue weighted by atomic mass is 10.1. The minimum absolute atomic E-state index is 0.114. The van der Waals surface area contributed by atoms with E-state index < -0.39 is 0 Å². The van der Waals surface area contributed by atoms with Gasteiger partial charge in [0.05, 0.1) is 17.9 Å². The van der Waals surface area contributed by atoms with Crippen molar-refractivity contribution in [3.63, 3.8) is 0 Å². The summed E-state index contributed by atoms with van der Waals surface area (Å²) >= 11 is 0. The summed E-state index contributed by atoms with van der Waals surface area (Å²) in [5.74, 6) is -0.474. The van der Waals surface area contributed by atoms with Crippen molar-refractivity contribution in [1.82, 2.24) is 5.32 Å². The largest absolute Gasteiger partial charge is 0.383 e. The summed E-state index contributed by atoms with van der Waals surface area (Å²) in [5.41, 5.74) is 0.976. The van der Waals surface area contributed by atoms with Gasteiger partial charge >= 0.3 is 0 Å². The van der Waals surface area contributed by atoms with Crippen LogP contribution in [0.15, 0.2) is 24.3 Å². The van der Waals surface area contributed by atoms with Crippen LogP contribution in [0.1, 0.15) is 24.2 Å². The van der Waals surface area contributed by atoms with Gasteiger partial charge in [0.25, 0.3) is 5.91 Å². The number of nitrogens with one attached hydrogen (secondary N) is 2. The van der Waals surface area contributed by atoms with Crippen LogP contribution in [0.5, 0.6) is 0 Å². The lowest BCUT2D eigenvalue weighted by Gasteiger charge is -2.12. The Bertz CT molecular complexity index is 444. The molecule has 0 aromatic heterocycles. The highest BCUT2D eigenvalue weighted by molar-refractivity contribution is 6.04. The Labute approximate surface area is 113 Å². The van der Waals surface area contributed by atoms with Gasteiger partial charge in [0.2, 0.25) is 5.91 Å². The van der Waals surface area contributed by atoms with Crippen molar-refractivity contribution in [2.45, 2.75) is 13.8 Å². The maximum atomic E-state index is 12.0. The fourth-order valence-electron chi connectivity index (χ4n) is 1.43. The molecule has 0 spiro atoms. The standard InChI is InChI=1S/C14H20N2O3/c1-10(2)13(17)16-12-7-5-4-6-11(12)14(18)15-8-9-19-3/h4-7,10H,8-9H2,1-3H3,(H,15,18)(H,16,17). The smallest absolute Gasteiger partial charge is 0.253 e. The zero-order chi connectivity index (χ0) is 14.3. The fraction of sp³-hybridized carbons (Fsp3) is 0.429. The molecule has 19 heavy (non-hydrogen) atoms. The van der Waals surface area contributed by atoms with E-state index in [2.05, 4.69) is 10.6 Å². The van der Waals surface area contributed by atoms with Gasteiger partial charge in [-0.3, -0.25) is 9.59 Å². The molecule has 0 aliphatic heterocycles. The Morgan fingerprint density at radius 1 is 1.26 bits per heavy atom. The number of amides is 2. The Morgan fingerprint density at radius 3 is 2.58 bits per heavy atom. The van der Waals surface area contributed by atoms with Gasteiger partial charge in [0.15, 0.2) is 0 Å². The first kappa shape index (κ1) is 15.2. The number of hydrogen-bond donors (Lipinski definition) is 2. The molecule has 5 nitrogen and oxygen atoms in total. The van der Waals surface area contributed by atoms with E-state index in [4.69, 9.17) is 4.74 Å². The predicted molar refractivity (Wildman–Crippen MR) is 74.1 cm³/mol. The van der Waals surface area contributed by atoms with E-state index in [9.17, 15) is 9.59 Å². The highest BCUT2D eigenvalue weighted by Crippen LogP contribution is 2.15. The number of hydrogen-bond acceptors (Lipinski definition) is 3. The quantitative estimate of drug-likeness (QED) is 0.768. The van der Waals surface area contributed by atoms with E-state index in [1.165, 1.54) is 0 Å². The van der Waals surface area contributed by atoms with Crippen LogP contribution in [-0.2, 0) is 9.53 Å². The summed E-state index contributed by atoms with van der Waals surface area (Å²) in [6, 6.07) is 6.93. The first-order chi connectivity index (χ1) is 9.06. The molecule has 0 saturated heterocycles. The van der Waals surface area contributed by atoms with Crippen LogP contribution in [0.3, 0.4) is 0 Å². The summed E-state index contributed by atoms with van der Waals surface area (Å²) in [6.07, 6.45) is 0. The topological polar surface area (TPSA) is 67.4 Å². The molecular formula is C14H20N2O3. The molecule has 0 bridgehead atoms. The van der Waals surface area contributed by atoms with Crippen molar-refractivity contribution in [3.8, 4) is 0 Å². The van der Waals surface area contributed by atoms with Crippen molar-refractivity contribution in [2.75, 3.05) is 25.6 Å². The number of carbonyl (C=O) groups excluding carboxylic acids is 2. The molecule has 1 rings (SSSR count). The van der Waals surface area contributed by atoms with Gasteiger partial charge in [-0.15, -0.1) is 0 Å². The minimum Gasteiger partial charge on any atom is -0.383 e. The number of anilines is 1. The van der Waals surface area contributed by atoms with Crippen molar-refractivity contribution < 1.29 is 14.3 Å². The molecule has 0 heterocycles. The van der Waals surface area contributed by atoms with Crippen molar-refractivity contribution in [2.24, 2.45) is 5.92 Å². The summed E-state index contributed by atoms with van der Waals surface area (Å²) in [6.45, 7) is 4.49. The zero-order valence-electron chi connectivity index (χ0n) is 11.5. The third-order valence-corrected chi connectivity index (χ3v) is 2.55. The van der Waals surface area contributed by atoms with Crippen LogP contribution >= 0.6 is 0 Å². The van der Waals surface area contributed by atoms with E-state index >= 15 is 0 Å². The molecule has 0 atom stereocenters. The predicted octanol–water partition coefficient (Wildman–Crippen LogP) is 1.66. The van der Waals surface area contributed by atoms with E-state index in [-0.39, 0.29) is 17.7 Å². The Balaban J connectivity index is 2.77. The molecule has 0 unspecified atom stereocenters. The zero-order valence-corrected chi connectivity index (χ0v) is 11.5. The summed E-state index contributed by atoms with van der Waals surface area (Å²) < 4.78 is 4.87. The Hall–Kier alpha value is -1.88. The molecule has 0 fully saturated rings. The van der Waals surface area contributed by atoms with E-state index in [1.807, 2.05) is 0 Å². The van der Waals surface area contributed by atoms with Gasteiger partial charge in [-0.1, -0.05) is 26.0 Å². The molecule has 2 amide bonds. The minimum atomic E-state index is -0.225. The second-order valence-corrected chi connectivity index (χ2v) is 4.44. The van der Waals surface area contributed by atoms with Crippen LogP contribution in [-0.4, -0.2) is 32.1 Å². The number of methoxy groups -OCH3 is 1. The number of benzene rings is 1. The second kappa shape index (κ2) is 7.53. The molecule has 2 N–H and O–H groups in total. The number of rotatable bonds is 6. The monoisotopic (exact) mass is 264 g/mol. The summed E-state index contributed by atoms with van der Waals surface area (Å²) in [4.78, 5) is 23.7. The van der Waals surface area contributed by atoms with Gasteiger partial charge < -0.3 is 15.4 Å². The maximum absolute atomic E-state index is 12.0. The summed E-state index contributed by atoms with van der Waals surface area (Å²) in [7, 11) is 1.57. The van der Waals surface area contributed by atoms with E-state index in [0.29, 0.717) is 24.4 Å². The van der Waals surface area contributed by atoms with Crippen LogP contribution in [0, 0.1) is 5.92 Å². The average Bonchev–Trinajstić information content (AvgIpc) is 2.39. The van der Waals surface area contributed by atoms with Crippen LogP contribution in [0.2, 0.25) is 0 Å². The first-order valence-corrected chi connectivity index (χ1v) is 6.23. The lowest BCUT2D eigenvalue weighted by molar-refractivity contribution is -0.118. The maximum Gasteiger partial charge on any atom is 0.253 e. The van der Waals surface area contributed by atoms with Crippen molar-refractivity contribution in [1.29, 1.82) is 0 Å². The molecule has 1 aromatic carbocycles. The third kappa shape index (κ3) is 4.71. The van der Waals surface area contributed by atoms with E-state index in [0.717, 1.165) is 0 Å². The summed E-state index contributed by atoms with van der Waals surface area (Å²) in [5, 5.41) is 5.48. The van der Waals surface area contributed by atoms with Crippen molar-refractivity contribution in [3.05, 3.63) is 29.8 Å². The molecule has 0 saturated carbocycles. The first-order valence-electron chi connectivity index (χ1n) is 6.23. The molecule has 0 aliphatic carbocycles. The molecule has 104 valence electrons. The van der Waals surface area contributed by atoms with Gasteiger partial charge in [-0.05, 0) is 12.1 Å². The van der Waals surface area contributed by atoms with Crippen LogP contribution in [0.4, 0.5) is 5.69 Å². The molecular weight excluding hydrogens is 244 g/mol. The Kier molecular flexibility index (Phi) is 6.02. The van der Waals surface area contributed by atoms with Crippen molar-refractivity contribution >= 4 is 17.5 Å². The molecule has 0 radical (unpaired) electrons. The SMILES string of the molecule is COCCNC(=O)c1ccccc1NC(=O)C(C)C. The average molecular weight is 264 g/mol. The van der Waals surface area contributed by atoms with Crippen LogP contribution in [0.25, 0.3) is 0 Å². The molecule has 5 heteroatoms. The van der Waals surface area contributed by atoms with Gasteiger partial charge in [-0.2, -0.15) is 0 Å². The normalized spacial score (nSPS) is 10.3. The number of ether oxygens (including phenoxy) is 1. The fourth-order valence-corrected chi connectivity index (χ4v) is 1.43. The van der Waals surface area contributed by atoms with Gasteiger partial charge in [0.1, 0.15) is 0 Å². The van der Waals surface area contributed by atoms with E-state index in [1.54, 1.807) is 45.2 Å². The van der Waals surface area contributed by atoms with Gasteiger partial charge in [-0.25, -0.2) is 0 Å². The lowest BCUT2D eigenvalue weighted by Crippen LogP contribution is -2.28. The second-order valence-electron chi connectivity index (χ2n) is 4.44. The number of para-hydroxylation sites is 1. The Morgan fingerprint density at radius 2 is 1.95 bits per heavy atom. The number of carbonyl (C=O) groups is 2. The highest BCUT2D eigenvalue weighted by Gasteiger charge is 2.14. The highest BCUT2D eigenvalue weighted by atomic mass is 16.5. The third-order valence-electron chi connectivity index (χ3n) is 2.55. The molecule has 1 aromatic rings. The van der Waals surface area contributed by atoms with Crippen LogP contribution < -0.4 is 10.6 Å². The molecule has 0 aliphatic rings.